The van der Waals surface area contributed by atoms with Crippen molar-refractivity contribution < 1.29 is 9.13 Å². The number of para-hydroxylation sites is 1. The summed E-state index contributed by atoms with van der Waals surface area (Å²) in [6, 6.07) is 10.0. The van der Waals surface area contributed by atoms with Gasteiger partial charge in [-0.25, -0.2) is 9.37 Å². The number of hydrogen-bond donors (Lipinski definition) is 1. The second-order valence-electron chi connectivity index (χ2n) is 5.48. The first-order valence-electron chi connectivity index (χ1n) is 7.69. The number of benzene rings is 1. The van der Waals surface area contributed by atoms with Gasteiger partial charge in [0.1, 0.15) is 0 Å². The summed E-state index contributed by atoms with van der Waals surface area (Å²) in [4.78, 5) is 4.22. The van der Waals surface area contributed by atoms with Crippen molar-refractivity contribution in [1.29, 1.82) is 0 Å². The summed E-state index contributed by atoms with van der Waals surface area (Å²) >= 11 is 0. The molecule has 0 saturated carbocycles. The molecule has 0 amide bonds. The van der Waals surface area contributed by atoms with Gasteiger partial charge in [0, 0.05) is 43.2 Å². The molecule has 24 heavy (non-hydrogen) atoms. The minimum Gasteiger partial charge on any atom is -0.436 e. The van der Waals surface area contributed by atoms with Crippen molar-refractivity contribution in [3.63, 3.8) is 0 Å². The molecule has 2 heterocycles. The molecule has 5 nitrogen and oxygen atoms in total. The van der Waals surface area contributed by atoms with Crippen molar-refractivity contribution in [3.05, 3.63) is 71.4 Å². The van der Waals surface area contributed by atoms with Crippen LogP contribution in [0.3, 0.4) is 0 Å². The van der Waals surface area contributed by atoms with E-state index >= 15 is 0 Å². The van der Waals surface area contributed by atoms with E-state index in [4.69, 9.17) is 4.74 Å². The summed E-state index contributed by atoms with van der Waals surface area (Å²) in [6.07, 6.45) is 3.48. The van der Waals surface area contributed by atoms with Gasteiger partial charge in [-0.3, -0.25) is 4.68 Å². The van der Waals surface area contributed by atoms with Crippen molar-refractivity contribution in [2.24, 2.45) is 7.05 Å². The minimum atomic E-state index is -0.409. The van der Waals surface area contributed by atoms with Gasteiger partial charge in [-0.15, -0.1) is 0 Å². The van der Waals surface area contributed by atoms with Crippen molar-refractivity contribution in [2.45, 2.75) is 20.0 Å². The van der Waals surface area contributed by atoms with Gasteiger partial charge in [-0.1, -0.05) is 18.2 Å². The van der Waals surface area contributed by atoms with E-state index in [2.05, 4.69) is 15.4 Å². The molecule has 1 N–H and O–H groups in total. The molecule has 0 bridgehead atoms. The maximum Gasteiger partial charge on any atom is 0.223 e. The maximum absolute atomic E-state index is 13.7. The average Bonchev–Trinajstić information content (AvgIpc) is 2.90. The van der Waals surface area contributed by atoms with Gasteiger partial charge in [0.2, 0.25) is 5.88 Å². The molecule has 124 valence electrons. The van der Waals surface area contributed by atoms with Crippen LogP contribution in [-0.2, 0) is 20.1 Å². The predicted molar refractivity (Wildman–Crippen MR) is 89.2 cm³/mol. The van der Waals surface area contributed by atoms with E-state index in [1.54, 1.807) is 24.4 Å². The van der Waals surface area contributed by atoms with Crippen LogP contribution in [0.5, 0.6) is 11.6 Å². The summed E-state index contributed by atoms with van der Waals surface area (Å²) in [7, 11) is 1.92. The smallest absolute Gasteiger partial charge is 0.223 e. The Morgan fingerprint density at radius 2 is 1.92 bits per heavy atom. The Morgan fingerprint density at radius 1 is 1.12 bits per heavy atom. The quantitative estimate of drug-likeness (QED) is 0.755. The molecule has 0 aliphatic carbocycles. The predicted octanol–water partition coefficient (Wildman–Crippen LogP) is 3.34. The van der Waals surface area contributed by atoms with Gasteiger partial charge >= 0.3 is 0 Å². The molecule has 3 rings (SSSR count). The minimum absolute atomic E-state index is 0.167. The number of hydrogen-bond acceptors (Lipinski definition) is 4. The fourth-order valence-electron chi connectivity index (χ4n) is 2.33. The monoisotopic (exact) mass is 326 g/mol. The second-order valence-corrected chi connectivity index (χ2v) is 5.48. The van der Waals surface area contributed by atoms with Crippen molar-refractivity contribution >= 4 is 0 Å². The Morgan fingerprint density at radius 3 is 2.67 bits per heavy atom. The summed E-state index contributed by atoms with van der Waals surface area (Å²) in [5.41, 5.74) is 3.12. The lowest BCUT2D eigenvalue weighted by Crippen LogP contribution is -2.14. The fourth-order valence-corrected chi connectivity index (χ4v) is 2.33. The topological polar surface area (TPSA) is 52.0 Å². The van der Waals surface area contributed by atoms with Crippen LogP contribution < -0.4 is 10.1 Å². The molecule has 6 heteroatoms. The highest BCUT2D eigenvalue weighted by Crippen LogP contribution is 2.25. The van der Waals surface area contributed by atoms with Crippen LogP contribution in [-0.4, -0.2) is 14.8 Å². The average molecular weight is 326 g/mol. The van der Waals surface area contributed by atoms with Crippen LogP contribution in [0, 0.1) is 12.7 Å². The molecule has 0 saturated heterocycles. The van der Waals surface area contributed by atoms with Crippen LogP contribution in [0.2, 0.25) is 0 Å². The second kappa shape index (κ2) is 7.23. The zero-order valence-corrected chi connectivity index (χ0v) is 13.7. The first kappa shape index (κ1) is 16.1. The molecule has 0 aliphatic rings. The van der Waals surface area contributed by atoms with Crippen LogP contribution in [0.4, 0.5) is 4.39 Å². The molecule has 0 radical (unpaired) electrons. The number of rotatable bonds is 6. The van der Waals surface area contributed by atoms with Crippen molar-refractivity contribution in [3.8, 4) is 11.6 Å². The molecule has 0 atom stereocenters. The first-order valence-corrected chi connectivity index (χ1v) is 7.69. The van der Waals surface area contributed by atoms with E-state index < -0.39 is 5.82 Å². The Hall–Kier alpha value is -2.73. The van der Waals surface area contributed by atoms with Crippen molar-refractivity contribution in [2.75, 3.05) is 0 Å². The number of pyridine rings is 1. The molecule has 2 aromatic heterocycles. The third kappa shape index (κ3) is 3.60. The van der Waals surface area contributed by atoms with Gasteiger partial charge < -0.3 is 10.1 Å². The van der Waals surface area contributed by atoms with Gasteiger partial charge in [0.25, 0.3) is 0 Å². The number of aromatic nitrogens is 3. The summed E-state index contributed by atoms with van der Waals surface area (Å²) in [6.45, 7) is 3.28. The summed E-state index contributed by atoms with van der Waals surface area (Å²) in [5.74, 6) is 0.159. The highest BCUT2D eigenvalue weighted by Gasteiger charge is 2.10. The Kier molecular flexibility index (Phi) is 4.86. The van der Waals surface area contributed by atoms with Crippen LogP contribution >= 0.6 is 0 Å². The Labute approximate surface area is 140 Å². The van der Waals surface area contributed by atoms with Gasteiger partial charge in [0.15, 0.2) is 11.6 Å². The van der Waals surface area contributed by atoms with Crippen molar-refractivity contribution in [1.82, 2.24) is 20.1 Å². The lowest BCUT2D eigenvalue weighted by atomic mass is 10.2. The largest absolute Gasteiger partial charge is 0.436 e. The SMILES string of the molecule is Cc1c(CNCc2cccnc2Oc2ccccc2F)cnn1C. The molecule has 1 aromatic carbocycles. The Balaban J connectivity index is 1.68. The standard InChI is InChI=1S/C18H19FN4O/c1-13-15(12-22-23(13)2)11-20-10-14-6-5-9-21-18(14)24-17-8-4-3-7-16(17)19/h3-9,12,20H,10-11H2,1-2H3. The molecule has 0 unspecified atom stereocenters. The van der Waals surface area contributed by atoms with Gasteiger partial charge in [0.05, 0.1) is 6.20 Å². The summed E-state index contributed by atoms with van der Waals surface area (Å²) < 4.78 is 21.2. The molecule has 0 spiro atoms. The van der Waals surface area contributed by atoms with E-state index in [0.717, 1.165) is 16.8 Å². The highest BCUT2D eigenvalue weighted by molar-refractivity contribution is 5.33. The normalized spacial score (nSPS) is 10.8. The first-order chi connectivity index (χ1) is 11.6. The maximum atomic E-state index is 13.7. The number of halogens is 1. The number of nitrogens with one attached hydrogen (secondary N) is 1. The highest BCUT2D eigenvalue weighted by atomic mass is 19.1. The lowest BCUT2D eigenvalue weighted by molar-refractivity contribution is 0.420. The molecular weight excluding hydrogens is 307 g/mol. The van der Waals surface area contributed by atoms with Gasteiger partial charge in [-0.05, 0) is 25.1 Å². The van der Waals surface area contributed by atoms with Crippen LogP contribution in [0.1, 0.15) is 16.8 Å². The van der Waals surface area contributed by atoms with Gasteiger partial charge in [-0.2, -0.15) is 5.10 Å². The van der Waals surface area contributed by atoms with Crippen LogP contribution in [0.25, 0.3) is 0 Å². The number of nitrogens with zero attached hydrogens (tertiary/aromatic N) is 3. The zero-order valence-electron chi connectivity index (χ0n) is 13.7. The van der Waals surface area contributed by atoms with E-state index in [0.29, 0.717) is 19.0 Å². The summed E-state index contributed by atoms with van der Waals surface area (Å²) in [5, 5.41) is 7.57. The fraction of sp³-hybridized carbons (Fsp3) is 0.222. The number of ether oxygens (including phenoxy) is 1. The third-order valence-corrected chi connectivity index (χ3v) is 3.86. The number of aryl methyl sites for hydroxylation is 1. The molecule has 0 fully saturated rings. The Bertz CT molecular complexity index is 831. The van der Waals surface area contributed by atoms with E-state index in [-0.39, 0.29) is 5.75 Å². The van der Waals surface area contributed by atoms with E-state index in [1.165, 1.54) is 6.07 Å². The molecule has 3 aromatic rings. The van der Waals surface area contributed by atoms with E-state index in [9.17, 15) is 4.39 Å². The van der Waals surface area contributed by atoms with Crippen LogP contribution in [0.15, 0.2) is 48.8 Å². The molecule has 0 aliphatic heterocycles. The lowest BCUT2D eigenvalue weighted by Gasteiger charge is -2.11. The molecular formula is C18H19FN4O. The zero-order chi connectivity index (χ0) is 16.9. The van der Waals surface area contributed by atoms with E-state index in [1.807, 2.05) is 37.0 Å². The third-order valence-electron chi connectivity index (χ3n) is 3.86.